The van der Waals surface area contributed by atoms with Crippen molar-refractivity contribution in [1.82, 2.24) is 14.5 Å². The summed E-state index contributed by atoms with van der Waals surface area (Å²) in [6.07, 6.45) is 1.54. The molecule has 0 radical (unpaired) electrons. The minimum Gasteiger partial charge on any atom is -0.383 e. The fourth-order valence-electron chi connectivity index (χ4n) is 3.22. The lowest BCUT2D eigenvalue weighted by atomic mass is 10.2. The number of sulfone groups is 1. The third-order valence-corrected chi connectivity index (χ3v) is 6.41. The first-order chi connectivity index (χ1) is 14.1. The Morgan fingerprint density at radius 3 is 2.53 bits per heavy atom. The zero-order valence-corrected chi connectivity index (χ0v) is 19.7. The number of carbonyl (C=O) groups is 1. The summed E-state index contributed by atoms with van der Waals surface area (Å²) in [5.74, 6) is -0.398. The van der Waals surface area contributed by atoms with Crippen LogP contribution in [0.15, 0.2) is 35.6 Å². The molecule has 166 valence electrons. The van der Waals surface area contributed by atoms with Gasteiger partial charge in [-0.15, -0.1) is 0 Å². The molecule has 0 saturated carbocycles. The third kappa shape index (κ3) is 6.06. The number of halogens is 1. The normalized spacial score (nSPS) is 12.0. The van der Waals surface area contributed by atoms with Gasteiger partial charge in [-0.25, -0.2) is 13.4 Å². The molecule has 0 bridgehead atoms. The quantitative estimate of drug-likeness (QED) is 0.545. The van der Waals surface area contributed by atoms with Gasteiger partial charge in [-0.05, 0) is 31.5 Å². The van der Waals surface area contributed by atoms with Crippen LogP contribution in [0.5, 0.6) is 0 Å². The molecule has 0 unspecified atom stereocenters. The monoisotopic (exact) mass is 455 g/mol. The molecular weight excluding hydrogens is 426 g/mol. The van der Waals surface area contributed by atoms with Crippen molar-refractivity contribution < 1.29 is 17.9 Å². The Kier molecular flexibility index (Phi) is 8.46. The van der Waals surface area contributed by atoms with Gasteiger partial charge in [-0.1, -0.05) is 37.6 Å². The van der Waals surface area contributed by atoms with Crippen LogP contribution in [0.4, 0.5) is 0 Å². The van der Waals surface area contributed by atoms with E-state index < -0.39 is 9.84 Å². The fourth-order valence-corrected chi connectivity index (χ4v) is 5.02. The molecule has 2 aromatic rings. The van der Waals surface area contributed by atoms with Gasteiger partial charge in [0.25, 0.3) is 0 Å². The second-order valence-electron chi connectivity index (χ2n) is 7.79. The zero-order chi connectivity index (χ0) is 22.5. The lowest BCUT2D eigenvalue weighted by Crippen LogP contribution is -2.37. The predicted octanol–water partition coefficient (Wildman–Crippen LogP) is 3.72. The molecule has 9 heteroatoms. The van der Waals surface area contributed by atoms with E-state index >= 15 is 0 Å². The van der Waals surface area contributed by atoms with Crippen molar-refractivity contribution >= 4 is 27.3 Å². The van der Waals surface area contributed by atoms with E-state index in [1.807, 2.05) is 27.7 Å². The Labute approximate surface area is 183 Å². The Morgan fingerprint density at radius 2 is 1.97 bits per heavy atom. The first kappa shape index (κ1) is 24.4. The maximum absolute atomic E-state index is 13.1. The molecule has 0 spiro atoms. The Balaban J connectivity index is 2.38. The first-order valence-corrected chi connectivity index (χ1v) is 11.9. The lowest BCUT2D eigenvalue weighted by Gasteiger charge is -2.26. The van der Waals surface area contributed by atoms with Crippen LogP contribution in [0.25, 0.3) is 0 Å². The molecule has 30 heavy (non-hydrogen) atoms. The van der Waals surface area contributed by atoms with Gasteiger partial charge in [0.05, 0.1) is 30.8 Å². The molecule has 1 amide bonds. The highest BCUT2D eigenvalue weighted by molar-refractivity contribution is 7.90. The molecule has 0 aliphatic carbocycles. The molecular formula is C21H30ClN3O4S. The minimum atomic E-state index is -3.71. The van der Waals surface area contributed by atoms with Crippen molar-refractivity contribution in [3.05, 3.63) is 46.7 Å². The summed E-state index contributed by atoms with van der Waals surface area (Å²) >= 11 is 6.00. The van der Waals surface area contributed by atoms with Gasteiger partial charge in [-0.2, -0.15) is 0 Å². The first-order valence-electron chi connectivity index (χ1n) is 9.87. The molecule has 0 N–H and O–H groups in total. The topological polar surface area (TPSA) is 81.5 Å². The number of hydrogen-bond acceptors (Lipinski definition) is 5. The number of imidazole rings is 1. The number of aromatic nitrogens is 2. The van der Waals surface area contributed by atoms with Crippen molar-refractivity contribution in [3.8, 4) is 0 Å². The molecule has 0 aliphatic heterocycles. The number of rotatable bonds is 10. The van der Waals surface area contributed by atoms with Crippen LogP contribution in [-0.4, -0.2) is 49.0 Å². The van der Waals surface area contributed by atoms with Gasteiger partial charge in [0.2, 0.25) is 20.9 Å². The van der Waals surface area contributed by atoms with Crippen LogP contribution >= 0.6 is 11.6 Å². The summed E-state index contributed by atoms with van der Waals surface area (Å²) in [6.45, 7) is 8.54. The second-order valence-corrected chi connectivity index (χ2v) is 10.1. The van der Waals surface area contributed by atoms with Gasteiger partial charge < -0.3 is 14.2 Å². The van der Waals surface area contributed by atoms with Crippen LogP contribution < -0.4 is 0 Å². The van der Waals surface area contributed by atoms with Gasteiger partial charge in [0, 0.05) is 30.6 Å². The average molecular weight is 456 g/mol. The van der Waals surface area contributed by atoms with Crippen LogP contribution in [0, 0.1) is 5.92 Å². The standard InChI is InChI=1S/C21H30ClN3O4S/c1-15(2)20(26)24(9-10-29-5)13-19-12-23-21(25(19)16(3)4)30(27,28)14-17-7-6-8-18(22)11-17/h6-8,11-12,15-16H,9-10,13-14H2,1-5H3. The molecule has 0 aliphatic rings. The number of hydrogen-bond donors (Lipinski definition) is 0. The van der Waals surface area contributed by atoms with E-state index in [1.54, 1.807) is 40.8 Å². The maximum atomic E-state index is 13.1. The summed E-state index contributed by atoms with van der Waals surface area (Å²) in [5, 5.41) is 0.479. The highest BCUT2D eigenvalue weighted by Gasteiger charge is 2.27. The van der Waals surface area contributed by atoms with Crippen LogP contribution in [-0.2, 0) is 31.7 Å². The molecule has 0 fully saturated rings. The maximum Gasteiger partial charge on any atom is 0.228 e. The SMILES string of the molecule is COCCN(Cc1cnc(S(=O)(=O)Cc2cccc(Cl)c2)n1C(C)C)C(=O)C(C)C. The number of benzene rings is 1. The van der Waals surface area contributed by atoms with E-state index in [-0.39, 0.29) is 35.3 Å². The predicted molar refractivity (Wildman–Crippen MR) is 117 cm³/mol. The van der Waals surface area contributed by atoms with Crippen LogP contribution in [0.1, 0.15) is 45.0 Å². The van der Waals surface area contributed by atoms with Gasteiger partial charge >= 0.3 is 0 Å². The summed E-state index contributed by atoms with van der Waals surface area (Å²) in [5.41, 5.74) is 1.26. The number of carbonyl (C=O) groups excluding carboxylic acids is 1. The number of amides is 1. The van der Waals surface area contributed by atoms with Gasteiger partial charge in [-0.3, -0.25) is 4.79 Å². The Hall–Kier alpha value is -1.90. The highest BCUT2D eigenvalue weighted by atomic mass is 35.5. The number of methoxy groups -OCH3 is 1. The van der Waals surface area contributed by atoms with E-state index in [0.717, 1.165) is 0 Å². The molecule has 1 aromatic heterocycles. The van der Waals surface area contributed by atoms with Crippen LogP contribution in [0.2, 0.25) is 5.02 Å². The highest BCUT2D eigenvalue weighted by Crippen LogP contribution is 2.24. The third-order valence-electron chi connectivity index (χ3n) is 4.60. The molecule has 1 heterocycles. The van der Waals surface area contributed by atoms with Gasteiger partial charge in [0.1, 0.15) is 0 Å². The van der Waals surface area contributed by atoms with Crippen molar-refractivity contribution in [2.45, 2.75) is 51.2 Å². The summed E-state index contributed by atoms with van der Waals surface area (Å²) < 4.78 is 33.1. The summed E-state index contributed by atoms with van der Waals surface area (Å²) in [4.78, 5) is 18.5. The van der Waals surface area contributed by atoms with Crippen molar-refractivity contribution in [2.24, 2.45) is 5.92 Å². The average Bonchev–Trinajstić information content (AvgIpc) is 3.09. The number of nitrogens with zero attached hydrogens (tertiary/aromatic N) is 3. The zero-order valence-electron chi connectivity index (χ0n) is 18.1. The molecule has 0 atom stereocenters. The minimum absolute atomic E-state index is 0.00355. The molecule has 1 aromatic carbocycles. The van der Waals surface area contributed by atoms with E-state index in [4.69, 9.17) is 16.3 Å². The van der Waals surface area contributed by atoms with Crippen LogP contribution in [0.3, 0.4) is 0 Å². The lowest BCUT2D eigenvalue weighted by molar-refractivity contribution is -0.135. The van der Waals surface area contributed by atoms with Crippen molar-refractivity contribution in [1.29, 1.82) is 0 Å². The van der Waals surface area contributed by atoms with E-state index in [0.29, 0.717) is 29.4 Å². The Morgan fingerprint density at radius 1 is 1.27 bits per heavy atom. The van der Waals surface area contributed by atoms with Crippen molar-refractivity contribution in [2.75, 3.05) is 20.3 Å². The fraction of sp³-hybridized carbons (Fsp3) is 0.524. The molecule has 7 nitrogen and oxygen atoms in total. The van der Waals surface area contributed by atoms with Crippen molar-refractivity contribution in [3.63, 3.8) is 0 Å². The number of ether oxygens (including phenoxy) is 1. The second kappa shape index (κ2) is 10.4. The smallest absolute Gasteiger partial charge is 0.228 e. The summed E-state index contributed by atoms with van der Waals surface area (Å²) in [7, 11) is -2.13. The van der Waals surface area contributed by atoms with E-state index in [1.165, 1.54) is 6.20 Å². The molecule has 2 rings (SSSR count). The summed E-state index contributed by atoms with van der Waals surface area (Å²) in [6, 6.07) is 6.63. The largest absolute Gasteiger partial charge is 0.383 e. The van der Waals surface area contributed by atoms with Gasteiger partial charge in [0.15, 0.2) is 0 Å². The molecule has 0 saturated heterocycles. The Bertz CT molecular complexity index is 970. The van der Waals surface area contributed by atoms with E-state index in [9.17, 15) is 13.2 Å². The van der Waals surface area contributed by atoms with E-state index in [2.05, 4.69) is 4.98 Å².